The van der Waals surface area contributed by atoms with Crippen LogP contribution in [0.3, 0.4) is 0 Å². The lowest BCUT2D eigenvalue weighted by Gasteiger charge is -2.21. The molecule has 0 heterocycles. The van der Waals surface area contributed by atoms with Crippen LogP contribution >= 0.6 is 0 Å². The zero-order valence-corrected chi connectivity index (χ0v) is 7.68. The molecular weight excluding hydrogens is 184 g/mol. The van der Waals surface area contributed by atoms with Crippen LogP contribution in [0.5, 0.6) is 0 Å². The number of allylic oxidation sites excluding steroid dienone is 1. The molecule has 1 aliphatic rings. The van der Waals surface area contributed by atoms with Crippen LogP contribution in [0, 0.1) is 0 Å². The molecule has 5 heteroatoms. The molecule has 0 saturated carbocycles. The molecule has 0 radical (unpaired) electrons. The first-order valence-electron chi connectivity index (χ1n) is 4.28. The third-order valence-electron chi connectivity index (χ3n) is 2.05. The van der Waals surface area contributed by atoms with Crippen molar-refractivity contribution in [1.82, 2.24) is 0 Å². The first kappa shape index (κ1) is 10.9. The molecule has 0 fully saturated rings. The summed E-state index contributed by atoms with van der Waals surface area (Å²) in [5.41, 5.74) is 10.2. The maximum Gasteiger partial charge on any atom is 0.320 e. The molecule has 0 saturated heterocycles. The number of aliphatic hydroxyl groups is 1. The third-order valence-corrected chi connectivity index (χ3v) is 2.05. The molecule has 1 rings (SSSR count). The summed E-state index contributed by atoms with van der Waals surface area (Å²) in [6.07, 6.45) is 5.28. The number of carboxylic acid groups (broad SMARTS) is 1. The Hall–Kier alpha value is -1.17. The molecule has 6 N–H and O–H groups in total. The van der Waals surface area contributed by atoms with Gasteiger partial charge >= 0.3 is 5.97 Å². The monoisotopic (exact) mass is 198 g/mol. The highest BCUT2D eigenvalue weighted by atomic mass is 16.4. The van der Waals surface area contributed by atoms with E-state index in [0.717, 1.165) is 5.57 Å². The molecule has 0 aromatic carbocycles. The lowest BCUT2D eigenvalue weighted by Crippen LogP contribution is -2.38. The van der Waals surface area contributed by atoms with E-state index in [1.165, 1.54) is 6.08 Å². The lowest BCUT2D eigenvalue weighted by atomic mass is 9.96. The maximum atomic E-state index is 10.4. The Balaban J connectivity index is 2.54. The number of rotatable bonds is 3. The summed E-state index contributed by atoms with van der Waals surface area (Å²) in [6.45, 7) is 0. The standard InChI is InChI=1S/C9H14N2O3/c10-7(8(12)13)5-6-1-3-9(11,14)4-2-6/h1-3,7,14H,4-5,10-11H2,(H,12,13)/t7-,9?/m0/s1. The van der Waals surface area contributed by atoms with Crippen molar-refractivity contribution in [2.45, 2.75) is 24.6 Å². The summed E-state index contributed by atoms with van der Waals surface area (Å²) < 4.78 is 0. The van der Waals surface area contributed by atoms with E-state index in [-0.39, 0.29) is 12.8 Å². The second-order valence-electron chi connectivity index (χ2n) is 3.46. The third kappa shape index (κ3) is 2.95. The summed E-state index contributed by atoms with van der Waals surface area (Å²) >= 11 is 0. The van der Waals surface area contributed by atoms with Gasteiger partial charge < -0.3 is 21.7 Å². The Bertz CT molecular complexity index is 294. The summed E-state index contributed by atoms with van der Waals surface area (Å²) in [4.78, 5) is 10.4. The minimum Gasteiger partial charge on any atom is -0.480 e. The van der Waals surface area contributed by atoms with Gasteiger partial charge in [-0.05, 0) is 18.1 Å². The van der Waals surface area contributed by atoms with Crippen molar-refractivity contribution in [2.24, 2.45) is 11.5 Å². The number of carboxylic acids is 1. The highest BCUT2D eigenvalue weighted by molar-refractivity contribution is 5.73. The second kappa shape index (κ2) is 3.91. The number of hydrogen-bond acceptors (Lipinski definition) is 4. The lowest BCUT2D eigenvalue weighted by molar-refractivity contribution is -0.138. The van der Waals surface area contributed by atoms with Crippen molar-refractivity contribution in [3.63, 3.8) is 0 Å². The molecule has 0 spiro atoms. The van der Waals surface area contributed by atoms with Crippen molar-refractivity contribution < 1.29 is 15.0 Å². The average molecular weight is 198 g/mol. The molecule has 1 aliphatic carbocycles. The number of carbonyl (C=O) groups is 1. The Morgan fingerprint density at radius 3 is 2.79 bits per heavy atom. The Morgan fingerprint density at radius 2 is 2.36 bits per heavy atom. The van der Waals surface area contributed by atoms with Gasteiger partial charge in [0.25, 0.3) is 0 Å². The van der Waals surface area contributed by atoms with E-state index in [9.17, 15) is 9.90 Å². The quantitative estimate of drug-likeness (QED) is 0.449. The van der Waals surface area contributed by atoms with Crippen molar-refractivity contribution >= 4 is 5.97 Å². The maximum absolute atomic E-state index is 10.4. The molecule has 14 heavy (non-hydrogen) atoms. The van der Waals surface area contributed by atoms with Crippen LogP contribution in [0.4, 0.5) is 0 Å². The number of nitrogens with two attached hydrogens (primary N) is 2. The van der Waals surface area contributed by atoms with E-state index in [2.05, 4.69) is 0 Å². The van der Waals surface area contributed by atoms with Gasteiger partial charge in [0.1, 0.15) is 11.8 Å². The first-order valence-corrected chi connectivity index (χ1v) is 4.28. The van der Waals surface area contributed by atoms with Gasteiger partial charge in [0.2, 0.25) is 0 Å². The van der Waals surface area contributed by atoms with Gasteiger partial charge in [-0.2, -0.15) is 0 Å². The largest absolute Gasteiger partial charge is 0.480 e. The summed E-state index contributed by atoms with van der Waals surface area (Å²) in [5.74, 6) is -1.03. The minimum absolute atomic E-state index is 0.252. The zero-order valence-electron chi connectivity index (χ0n) is 7.68. The van der Waals surface area contributed by atoms with Gasteiger partial charge in [-0.15, -0.1) is 0 Å². The fourth-order valence-electron chi connectivity index (χ4n) is 1.17. The van der Waals surface area contributed by atoms with Gasteiger partial charge in [-0.25, -0.2) is 0 Å². The molecule has 2 atom stereocenters. The summed E-state index contributed by atoms with van der Waals surface area (Å²) in [5, 5.41) is 17.9. The fourth-order valence-corrected chi connectivity index (χ4v) is 1.17. The van der Waals surface area contributed by atoms with Crippen molar-refractivity contribution in [3.05, 3.63) is 23.8 Å². The van der Waals surface area contributed by atoms with Crippen LogP contribution in [0.25, 0.3) is 0 Å². The van der Waals surface area contributed by atoms with Gasteiger partial charge in [0.15, 0.2) is 0 Å². The van der Waals surface area contributed by atoms with E-state index in [1.54, 1.807) is 12.2 Å². The molecule has 5 nitrogen and oxygen atoms in total. The Kier molecular flexibility index (Phi) is 3.05. The summed E-state index contributed by atoms with van der Waals surface area (Å²) in [7, 11) is 0. The highest BCUT2D eigenvalue weighted by Crippen LogP contribution is 2.18. The van der Waals surface area contributed by atoms with E-state index in [1.807, 2.05) is 0 Å². The van der Waals surface area contributed by atoms with Crippen LogP contribution in [0.1, 0.15) is 12.8 Å². The van der Waals surface area contributed by atoms with Crippen molar-refractivity contribution in [1.29, 1.82) is 0 Å². The van der Waals surface area contributed by atoms with Crippen LogP contribution in [-0.2, 0) is 4.79 Å². The number of aliphatic carboxylic acids is 1. The molecule has 0 aromatic heterocycles. The van der Waals surface area contributed by atoms with Crippen LogP contribution < -0.4 is 11.5 Å². The van der Waals surface area contributed by atoms with Gasteiger partial charge in [0, 0.05) is 6.42 Å². The first-order chi connectivity index (χ1) is 6.41. The van der Waals surface area contributed by atoms with Gasteiger partial charge in [-0.1, -0.05) is 12.2 Å². The van der Waals surface area contributed by atoms with Gasteiger partial charge in [-0.3, -0.25) is 4.79 Å². The number of hydrogen-bond donors (Lipinski definition) is 4. The molecule has 1 unspecified atom stereocenters. The van der Waals surface area contributed by atoms with Crippen molar-refractivity contribution in [3.8, 4) is 0 Å². The normalized spacial score (nSPS) is 28.4. The molecular formula is C9H14N2O3. The smallest absolute Gasteiger partial charge is 0.320 e. The topological polar surface area (TPSA) is 110 Å². The van der Waals surface area contributed by atoms with Crippen LogP contribution in [0.15, 0.2) is 23.8 Å². The Labute approximate surface area is 81.7 Å². The fraction of sp³-hybridized carbons (Fsp3) is 0.444. The molecule has 0 aliphatic heterocycles. The van der Waals surface area contributed by atoms with Crippen molar-refractivity contribution in [2.75, 3.05) is 0 Å². The van der Waals surface area contributed by atoms with Crippen LogP contribution in [-0.4, -0.2) is 27.9 Å². The predicted octanol–water partition coefficient (Wildman–Crippen LogP) is -0.678. The average Bonchev–Trinajstić information content (AvgIpc) is 2.08. The van der Waals surface area contributed by atoms with Gasteiger partial charge in [0.05, 0.1) is 0 Å². The van der Waals surface area contributed by atoms with E-state index in [0.29, 0.717) is 0 Å². The summed E-state index contributed by atoms with van der Waals surface area (Å²) in [6, 6.07) is -0.908. The minimum atomic E-state index is -1.31. The highest BCUT2D eigenvalue weighted by Gasteiger charge is 2.20. The SMILES string of the molecule is N[C@@H](CC1=CCC(N)(O)C=C1)C(=O)O. The molecule has 0 bridgehead atoms. The van der Waals surface area contributed by atoms with Crippen LogP contribution in [0.2, 0.25) is 0 Å². The molecule has 0 aromatic rings. The molecule has 0 amide bonds. The van der Waals surface area contributed by atoms with E-state index >= 15 is 0 Å². The molecule has 78 valence electrons. The van der Waals surface area contributed by atoms with E-state index < -0.39 is 17.7 Å². The zero-order chi connectivity index (χ0) is 10.8. The Morgan fingerprint density at radius 1 is 1.71 bits per heavy atom. The van der Waals surface area contributed by atoms with E-state index in [4.69, 9.17) is 16.6 Å². The second-order valence-corrected chi connectivity index (χ2v) is 3.46. The predicted molar refractivity (Wildman–Crippen MR) is 51.2 cm³/mol.